The molecule has 4 rings (SSSR count). The molecule has 2 N–H and O–H groups in total. The average Bonchev–Trinajstić information content (AvgIpc) is 2.69. The summed E-state index contributed by atoms with van der Waals surface area (Å²) in [4.78, 5) is 44.0. The minimum Gasteiger partial charge on any atom is -0.307 e. The van der Waals surface area contributed by atoms with Gasteiger partial charge >= 0.3 is 5.69 Å². The zero-order valence-electron chi connectivity index (χ0n) is 14.0. The van der Waals surface area contributed by atoms with Crippen LogP contribution in [0.2, 0.25) is 0 Å². The van der Waals surface area contributed by atoms with Gasteiger partial charge in [-0.25, -0.2) is 14.3 Å². The maximum Gasteiger partial charge on any atom is 0.333 e. The van der Waals surface area contributed by atoms with Crippen LogP contribution in [0.3, 0.4) is 0 Å². The molecule has 0 aliphatic rings. The Bertz CT molecular complexity index is 1240. The van der Waals surface area contributed by atoms with Crippen molar-refractivity contribution in [3.8, 4) is 5.69 Å². The number of aromatic amines is 1. The topological polar surface area (TPSA) is 96.8 Å². The van der Waals surface area contributed by atoms with Crippen molar-refractivity contribution in [2.24, 2.45) is 0 Å². The lowest BCUT2D eigenvalue weighted by Gasteiger charge is -2.08. The average molecular weight is 358 g/mol. The summed E-state index contributed by atoms with van der Waals surface area (Å²) in [5, 5.41) is 3.09. The summed E-state index contributed by atoms with van der Waals surface area (Å²) in [6.07, 6.45) is 1.58. The molecule has 2 aromatic carbocycles. The molecule has 4 aromatic rings. The smallest absolute Gasteiger partial charge is 0.307 e. The number of carbonyl (C=O) groups is 1. The van der Waals surface area contributed by atoms with Crippen LogP contribution in [0.4, 0.5) is 5.82 Å². The molecule has 1 amide bonds. The highest BCUT2D eigenvalue weighted by atomic mass is 16.2. The number of hydrogen-bond acceptors (Lipinski definition) is 4. The number of hydrogen-bond donors (Lipinski definition) is 2. The highest BCUT2D eigenvalue weighted by molar-refractivity contribution is 6.03. The number of aromatic nitrogens is 3. The monoisotopic (exact) mass is 358 g/mol. The van der Waals surface area contributed by atoms with Gasteiger partial charge in [-0.2, -0.15) is 0 Å². The summed E-state index contributed by atoms with van der Waals surface area (Å²) in [5.41, 5.74) is 0.288. The van der Waals surface area contributed by atoms with E-state index in [1.54, 1.807) is 72.9 Å². The number of rotatable bonds is 3. The third-order valence-corrected chi connectivity index (χ3v) is 4.10. The maximum absolute atomic E-state index is 12.7. The van der Waals surface area contributed by atoms with Crippen LogP contribution in [-0.4, -0.2) is 20.4 Å². The highest BCUT2D eigenvalue weighted by Crippen LogP contribution is 2.11. The summed E-state index contributed by atoms with van der Waals surface area (Å²) < 4.78 is 1.04. The molecule has 0 aliphatic carbocycles. The standard InChI is InChI=1S/C20H14N4O3/c25-18(23-17-7-3-4-12-21-17)13-8-10-14(11-9-13)24-19(26)15-5-1-2-6-16(15)22-20(24)27/h1-12H,(H,22,27)(H,21,23,25). The molecular weight excluding hydrogens is 344 g/mol. The van der Waals surface area contributed by atoms with E-state index in [9.17, 15) is 14.4 Å². The number of nitrogens with one attached hydrogen (secondary N) is 2. The lowest BCUT2D eigenvalue weighted by molar-refractivity contribution is 0.102. The molecule has 0 aliphatic heterocycles. The molecule has 0 fully saturated rings. The quantitative estimate of drug-likeness (QED) is 0.587. The minimum atomic E-state index is -0.538. The molecule has 27 heavy (non-hydrogen) atoms. The van der Waals surface area contributed by atoms with Crippen molar-refractivity contribution in [2.45, 2.75) is 0 Å². The molecule has 2 heterocycles. The van der Waals surface area contributed by atoms with Crippen LogP contribution in [0.15, 0.2) is 82.5 Å². The third-order valence-electron chi connectivity index (χ3n) is 4.10. The number of pyridine rings is 1. The number of amides is 1. The summed E-state index contributed by atoms with van der Waals surface area (Å²) in [7, 11) is 0. The molecule has 0 radical (unpaired) electrons. The van der Waals surface area contributed by atoms with Crippen molar-refractivity contribution in [3.05, 3.63) is 99.3 Å². The first-order valence-electron chi connectivity index (χ1n) is 8.20. The van der Waals surface area contributed by atoms with Crippen molar-refractivity contribution in [1.82, 2.24) is 14.5 Å². The first-order chi connectivity index (χ1) is 13.1. The van der Waals surface area contributed by atoms with Crippen molar-refractivity contribution in [2.75, 3.05) is 5.32 Å². The minimum absolute atomic E-state index is 0.333. The van der Waals surface area contributed by atoms with E-state index in [1.165, 1.54) is 0 Å². The normalized spacial score (nSPS) is 10.7. The zero-order valence-corrected chi connectivity index (χ0v) is 14.0. The van der Waals surface area contributed by atoms with Gasteiger partial charge in [-0.15, -0.1) is 0 Å². The molecule has 2 aromatic heterocycles. The van der Waals surface area contributed by atoms with Gasteiger partial charge in [0, 0.05) is 11.8 Å². The van der Waals surface area contributed by atoms with Crippen molar-refractivity contribution >= 4 is 22.6 Å². The Morgan fingerprint density at radius 3 is 2.41 bits per heavy atom. The van der Waals surface area contributed by atoms with Crippen LogP contribution in [0, 0.1) is 0 Å². The number of carbonyl (C=O) groups excluding carboxylic acids is 1. The van der Waals surface area contributed by atoms with E-state index >= 15 is 0 Å². The van der Waals surface area contributed by atoms with Gasteiger partial charge in [0.05, 0.1) is 16.6 Å². The Balaban J connectivity index is 1.69. The second kappa shape index (κ2) is 6.72. The summed E-state index contributed by atoms with van der Waals surface area (Å²) in [6, 6.07) is 18.2. The van der Waals surface area contributed by atoms with E-state index in [0.717, 1.165) is 4.57 Å². The van der Waals surface area contributed by atoms with Gasteiger partial charge < -0.3 is 10.3 Å². The Morgan fingerprint density at radius 1 is 0.926 bits per heavy atom. The predicted octanol–water partition coefficient (Wildman–Crippen LogP) is 2.33. The van der Waals surface area contributed by atoms with E-state index < -0.39 is 11.2 Å². The molecule has 7 nitrogen and oxygen atoms in total. The summed E-state index contributed by atoms with van der Waals surface area (Å²) in [5.74, 6) is 0.105. The van der Waals surface area contributed by atoms with Crippen molar-refractivity contribution in [3.63, 3.8) is 0 Å². The van der Waals surface area contributed by atoms with Crippen molar-refractivity contribution in [1.29, 1.82) is 0 Å². The van der Waals surface area contributed by atoms with Gasteiger partial charge in [0.25, 0.3) is 11.5 Å². The largest absolute Gasteiger partial charge is 0.333 e. The third kappa shape index (κ3) is 3.13. The van der Waals surface area contributed by atoms with Gasteiger partial charge in [0.1, 0.15) is 5.82 Å². The van der Waals surface area contributed by atoms with Gasteiger partial charge in [-0.3, -0.25) is 9.59 Å². The van der Waals surface area contributed by atoms with Gasteiger partial charge in [-0.1, -0.05) is 18.2 Å². The Hall–Kier alpha value is -4.00. The molecule has 7 heteroatoms. The number of para-hydroxylation sites is 1. The van der Waals surface area contributed by atoms with E-state index in [2.05, 4.69) is 15.3 Å². The Morgan fingerprint density at radius 2 is 1.67 bits per heavy atom. The van der Waals surface area contributed by atoms with E-state index in [1.807, 2.05) is 0 Å². The predicted molar refractivity (Wildman–Crippen MR) is 102 cm³/mol. The lowest BCUT2D eigenvalue weighted by Crippen LogP contribution is -2.33. The SMILES string of the molecule is O=C(Nc1ccccn1)c1ccc(-n2c(=O)[nH]c3ccccc3c2=O)cc1. The second-order valence-electron chi connectivity index (χ2n) is 5.83. The lowest BCUT2D eigenvalue weighted by atomic mass is 10.2. The Labute approximate surface area is 152 Å². The fourth-order valence-corrected chi connectivity index (χ4v) is 2.78. The first-order valence-corrected chi connectivity index (χ1v) is 8.20. The molecule has 0 saturated carbocycles. The molecule has 0 atom stereocenters. The van der Waals surface area contributed by atoms with Crippen LogP contribution < -0.4 is 16.6 Å². The van der Waals surface area contributed by atoms with Crippen molar-refractivity contribution < 1.29 is 4.79 Å². The molecule has 0 unspecified atom stereocenters. The number of H-pyrrole nitrogens is 1. The molecule has 0 saturated heterocycles. The van der Waals surface area contributed by atoms with Crippen LogP contribution in [0.25, 0.3) is 16.6 Å². The van der Waals surface area contributed by atoms with Gasteiger partial charge in [-0.05, 0) is 48.5 Å². The number of benzene rings is 2. The van der Waals surface area contributed by atoms with Gasteiger partial charge in [0.2, 0.25) is 0 Å². The van der Waals surface area contributed by atoms with E-state index in [4.69, 9.17) is 0 Å². The molecule has 132 valence electrons. The van der Waals surface area contributed by atoms with Crippen LogP contribution in [0.1, 0.15) is 10.4 Å². The van der Waals surface area contributed by atoms with E-state index in [0.29, 0.717) is 28.0 Å². The molecule has 0 bridgehead atoms. The second-order valence-corrected chi connectivity index (χ2v) is 5.83. The summed E-state index contributed by atoms with van der Waals surface area (Å²) >= 11 is 0. The number of nitrogens with zero attached hydrogens (tertiary/aromatic N) is 2. The fraction of sp³-hybridized carbons (Fsp3) is 0. The Kier molecular flexibility index (Phi) is 4.10. The van der Waals surface area contributed by atoms with Crippen LogP contribution in [-0.2, 0) is 0 Å². The highest BCUT2D eigenvalue weighted by Gasteiger charge is 2.11. The summed E-state index contributed by atoms with van der Waals surface area (Å²) in [6.45, 7) is 0. The number of fused-ring (bicyclic) bond motifs is 1. The molecule has 0 spiro atoms. The number of anilines is 1. The fourth-order valence-electron chi connectivity index (χ4n) is 2.78. The molecular formula is C20H14N4O3. The van der Waals surface area contributed by atoms with Gasteiger partial charge in [0.15, 0.2) is 0 Å². The van der Waals surface area contributed by atoms with E-state index in [-0.39, 0.29) is 5.91 Å². The van der Waals surface area contributed by atoms with Crippen LogP contribution in [0.5, 0.6) is 0 Å². The van der Waals surface area contributed by atoms with Crippen LogP contribution >= 0.6 is 0 Å². The zero-order chi connectivity index (χ0) is 18.8. The first kappa shape index (κ1) is 16.5. The maximum atomic E-state index is 12.7.